The van der Waals surface area contributed by atoms with Crippen molar-refractivity contribution in [1.82, 2.24) is 0 Å². The fourth-order valence-electron chi connectivity index (χ4n) is 2.39. The van der Waals surface area contributed by atoms with Gasteiger partial charge in [-0.15, -0.1) is 0 Å². The number of amides is 1. The van der Waals surface area contributed by atoms with Gasteiger partial charge < -0.3 is 15.4 Å². The summed E-state index contributed by atoms with van der Waals surface area (Å²) in [7, 11) is 0. The smallest absolute Gasteiger partial charge is 0.262 e. The number of hydrogen-bond acceptors (Lipinski definition) is 3. The molecular formula is C16H24N2O2. The Kier molecular flexibility index (Phi) is 4.88. The molecule has 0 radical (unpaired) electrons. The summed E-state index contributed by atoms with van der Waals surface area (Å²) in [6, 6.07) is 6.33. The van der Waals surface area contributed by atoms with Gasteiger partial charge in [-0.25, -0.2) is 0 Å². The first-order valence-corrected chi connectivity index (χ1v) is 7.45. The zero-order chi connectivity index (χ0) is 14.5. The van der Waals surface area contributed by atoms with Crippen LogP contribution < -0.4 is 15.4 Å². The van der Waals surface area contributed by atoms with E-state index in [0.29, 0.717) is 12.0 Å². The number of fused-ring (bicyclic) bond motifs is 1. The SMILES string of the molecule is CCC(C)CC(CC)Nc1ccc2c(c1)NC(=O)CO2. The highest BCUT2D eigenvalue weighted by molar-refractivity contribution is 5.96. The molecule has 0 aromatic heterocycles. The molecule has 2 N–H and O–H groups in total. The fourth-order valence-corrected chi connectivity index (χ4v) is 2.39. The van der Waals surface area contributed by atoms with Crippen molar-refractivity contribution in [2.24, 2.45) is 5.92 Å². The average Bonchev–Trinajstić information content (AvgIpc) is 2.45. The van der Waals surface area contributed by atoms with Crippen molar-refractivity contribution < 1.29 is 9.53 Å². The summed E-state index contributed by atoms with van der Waals surface area (Å²) in [6.45, 7) is 6.81. The molecule has 4 nitrogen and oxygen atoms in total. The lowest BCUT2D eigenvalue weighted by Crippen LogP contribution is -2.26. The van der Waals surface area contributed by atoms with Gasteiger partial charge in [0, 0.05) is 11.7 Å². The van der Waals surface area contributed by atoms with Gasteiger partial charge in [-0.2, -0.15) is 0 Å². The lowest BCUT2D eigenvalue weighted by molar-refractivity contribution is -0.118. The molecule has 0 spiro atoms. The second-order valence-corrected chi connectivity index (χ2v) is 5.55. The molecule has 2 unspecified atom stereocenters. The molecule has 1 amide bonds. The average molecular weight is 276 g/mol. The van der Waals surface area contributed by atoms with Crippen molar-refractivity contribution in [3.05, 3.63) is 18.2 Å². The molecule has 20 heavy (non-hydrogen) atoms. The summed E-state index contributed by atoms with van der Waals surface area (Å²) >= 11 is 0. The Morgan fingerprint density at radius 3 is 2.85 bits per heavy atom. The van der Waals surface area contributed by atoms with Crippen LogP contribution in [0.15, 0.2) is 18.2 Å². The quantitative estimate of drug-likeness (QED) is 0.834. The first-order valence-electron chi connectivity index (χ1n) is 7.45. The summed E-state index contributed by atoms with van der Waals surface area (Å²) in [6.07, 6.45) is 3.45. The van der Waals surface area contributed by atoms with Gasteiger partial charge in [0.25, 0.3) is 5.91 Å². The Morgan fingerprint density at radius 1 is 1.35 bits per heavy atom. The molecule has 0 saturated carbocycles. The van der Waals surface area contributed by atoms with E-state index in [1.807, 2.05) is 18.2 Å². The van der Waals surface area contributed by atoms with E-state index in [1.165, 1.54) is 6.42 Å². The molecule has 1 heterocycles. The largest absolute Gasteiger partial charge is 0.482 e. The number of anilines is 2. The summed E-state index contributed by atoms with van der Waals surface area (Å²) < 4.78 is 5.36. The topological polar surface area (TPSA) is 50.4 Å². The maximum Gasteiger partial charge on any atom is 0.262 e. The second kappa shape index (κ2) is 6.64. The minimum Gasteiger partial charge on any atom is -0.482 e. The van der Waals surface area contributed by atoms with Crippen LogP contribution in [0.2, 0.25) is 0 Å². The van der Waals surface area contributed by atoms with Crippen molar-refractivity contribution in [2.45, 2.75) is 46.1 Å². The van der Waals surface area contributed by atoms with Crippen LogP contribution in [-0.2, 0) is 4.79 Å². The van der Waals surface area contributed by atoms with Crippen molar-refractivity contribution in [1.29, 1.82) is 0 Å². The van der Waals surface area contributed by atoms with E-state index in [4.69, 9.17) is 4.74 Å². The van der Waals surface area contributed by atoms with Crippen molar-refractivity contribution in [2.75, 3.05) is 17.2 Å². The Balaban J connectivity index is 2.05. The van der Waals surface area contributed by atoms with Crippen molar-refractivity contribution in [3.63, 3.8) is 0 Å². The predicted octanol–water partition coefficient (Wildman–Crippen LogP) is 3.64. The van der Waals surface area contributed by atoms with Gasteiger partial charge in [-0.3, -0.25) is 4.79 Å². The van der Waals surface area contributed by atoms with Gasteiger partial charge >= 0.3 is 0 Å². The standard InChI is InChI=1S/C16H24N2O2/c1-4-11(3)8-12(5-2)17-13-6-7-15-14(9-13)18-16(19)10-20-15/h6-7,9,11-12,17H,4-5,8,10H2,1-3H3,(H,18,19). The minimum atomic E-state index is -0.0960. The first-order chi connectivity index (χ1) is 9.62. The molecule has 1 aromatic carbocycles. The van der Waals surface area contributed by atoms with Crippen molar-refractivity contribution in [3.8, 4) is 5.75 Å². The zero-order valence-corrected chi connectivity index (χ0v) is 12.5. The molecule has 0 fully saturated rings. The van der Waals surface area contributed by atoms with E-state index in [-0.39, 0.29) is 12.5 Å². The summed E-state index contributed by atoms with van der Waals surface area (Å²) in [5.74, 6) is 1.36. The molecule has 0 bridgehead atoms. The van der Waals surface area contributed by atoms with Crippen LogP contribution in [0.3, 0.4) is 0 Å². The van der Waals surface area contributed by atoms with Gasteiger partial charge in [0.2, 0.25) is 0 Å². The van der Waals surface area contributed by atoms with Crippen LogP contribution in [0.4, 0.5) is 11.4 Å². The van der Waals surface area contributed by atoms with Gasteiger partial charge in [0.15, 0.2) is 6.61 Å². The number of benzene rings is 1. The summed E-state index contributed by atoms with van der Waals surface area (Å²) in [5.41, 5.74) is 1.79. The zero-order valence-electron chi connectivity index (χ0n) is 12.5. The third kappa shape index (κ3) is 3.65. The summed E-state index contributed by atoms with van der Waals surface area (Å²) in [4.78, 5) is 11.3. The highest BCUT2D eigenvalue weighted by Gasteiger charge is 2.17. The van der Waals surface area contributed by atoms with Gasteiger partial charge in [-0.05, 0) is 37.0 Å². The maximum absolute atomic E-state index is 11.3. The lowest BCUT2D eigenvalue weighted by atomic mass is 9.97. The van der Waals surface area contributed by atoms with Crippen LogP contribution in [0, 0.1) is 5.92 Å². The van der Waals surface area contributed by atoms with E-state index in [2.05, 4.69) is 31.4 Å². The van der Waals surface area contributed by atoms with Gasteiger partial charge in [0.05, 0.1) is 5.69 Å². The van der Waals surface area contributed by atoms with Gasteiger partial charge in [0.1, 0.15) is 5.75 Å². The number of rotatable bonds is 6. The molecule has 1 aromatic rings. The normalized spacial score (nSPS) is 16.6. The molecule has 2 rings (SSSR count). The number of carbonyl (C=O) groups excluding carboxylic acids is 1. The van der Waals surface area contributed by atoms with E-state index in [1.54, 1.807) is 0 Å². The third-order valence-corrected chi connectivity index (χ3v) is 3.86. The maximum atomic E-state index is 11.3. The third-order valence-electron chi connectivity index (χ3n) is 3.86. The Bertz CT molecular complexity index is 474. The number of carbonyl (C=O) groups is 1. The number of hydrogen-bond donors (Lipinski definition) is 2. The molecule has 0 aliphatic carbocycles. The first kappa shape index (κ1) is 14.7. The van der Waals surface area contributed by atoms with E-state index >= 15 is 0 Å². The predicted molar refractivity (Wildman–Crippen MR) is 82.3 cm³/mol. The molecule has 1 aliphatic heterocycles. The fraction of sp³-hybridized carbons (Fsp3) is 0.562. The van der Waals surface area contributed by atoms with Crippen LogP contribution in [0.1, 0.15) is 40.0 Å². The molecule has 4 heteroatoms. The molecular weight excluding hydrogens is 252 g/mol. The lowest BCUT2D eigenvalue weighted by Gasteiger charge is -2.23. The minimum absolute atomic E-state index is 0.0960. The molecule has 1 aliphatic rings. The Hall–Kier alpha value is -1.71. The van der Waals surface area contributed by atoms with Crippen LogP contribution in [-0.4, -0.2) is 18.6 Å². The highest BCUT2D eigenvalue weighted by Crippen LogP contribution is 2.31. The monoisotopic (exact) mass is 276 g/mol. The second-order valence-electron chi connectivity index (χ2n) is 5.55. The molecule has 110 valence electrons. The van der Waals surface area contributed by atoms with Crippen LogP contribution >= 0.6 is 0 Å². The van der Waals surface area contributed by atoms with Gasteiger partial charge in [-0.1, -0.05) is 27.2 Å². The molecule has 0 saturated heterocycles. The highest BCUT2D eigenvalue weighted by atomic mass is 16.5. The summed E-state index contributed by atoms with van der Waals surface area (Å²) in [5, 5.41) is 6.39. The number of ether oxygens (including phenoxy) is 1. The van der Waals surface area contributed by atoms with E-state index < -0.39 is 0 Å². The van der Waals surface area contributed by atoms with E-state index in [9.17, 15) is 4.79 Å². The molecule has 2 atom stereocenters. The van der Waals surface area contributed by atoms with Crippen LogP contribution in [0.25, 0.3) is 0 Å². The van der Waals surface area contributed by atoms with Crippen molar-refractivity contribution >= 4 is 17.3 Å². The number of nitrogens with one attached hydrogen (secondary N) is 2. The Labute approximate surface area is 120 Å². The van der Waals surface area contributed by atoms with Crippen LogP contribution in [0.5, 0.6) is 5.75 Å². The Morgan fingerprint density at radius 2 is 2.15 bits per heavy atom. The van der Waals surface area contributed by atoms with E-state index in [0.717, 1.165) is 30.0 Å².